The van der Waals surface area contributed by atoms with Crippen molar-refractivity contribution in [1.82, 2.24) is 5.32 Å². The van der Waals surface area contributed by atoms with Crippen LogP contribution in [-0.2, 0) is 4.74 Å². The molecule has 0 bridgehead atoms. The quantitative estimate of drug-likeness (QED) is 0.661. The van der Waals surface area contributed by atoms with E-state index in [0.29, 0.717) is 6.61 Å². The van der Waals surface area contributed by atoms with Crippen molar-refractivity contribution in [3.63, 3.8) is 0 Å². The summed E-state index contributed by atoms with van der Waals surface area (Å²) in [6, 6.07) is 0.109. The topological polar surface area (TPSA) is 41.5 Å². The molecule has 1 unspecified atom stereocenters. The van der Waals surface area contributed by atoms with Gasteiger partial charge in [0.1, 0.15) is 0 Å². The highest BCUT2D eigenvalue weighted by Crippen LogP contribution is 2.22. The minimum Gasteiger partial charge on any atom is -0.395 e. The van der Waals surface area contributed by atoms with E-state index < -0.39 is 0 Å². The Balaban J connectivity index is 2.15. The molecule has 0 aromatic carbocycles. The molecule has 0 radical (unpaired) electrons. The van der Waals surface area contributed by atoms with Crippen molar-refractivity contribution in [1.29, 1.82) is 0 Å². The molecule has 0 aromatic heterocycles. The zero-order valence-electron chi connectivity index (χ0n) is 9.87. The van der Waals surface area contributed by atoms with Crippen LogP contribution in [0, 0.1) is 5.92 Å². The number of aliphatic hydroxyl groups excluding tert-OH is 1. The van der Waals surface area contributed by atoms with Crippen molar-refractivity contribution < 1.29 is 9.84 Å². The molecule has 3 nitrogen and oxygen atoms in total. The standard InChI is InChI=1S/C12H25NO2/c1-15-10-12(9-14)13-8-11-6-4-2-3-5-7-11/h11-14H,2-10H2,1H3. The van der Waals surface area contributed by atoms with Crippen LogP contribution in [0.4, 0.5) is 0 Å². The molecule has 0 amide bonds. The molecule has 3 heteroatoms. The van der Waals surface area contributed by atoms with Gasteiger partial charge in [-0.2, -0.15) is 0 Å². The maximum absolute atomic E-state index is 9.10. The summed E-state index contributed by atoms with van der Waals surface area (Å²) in [6.07, 6.45) is 8.24. The van der Waals surface area contributed by atoms with Crippen LogP contribution >= 0.6 is 0 Å². The molecule has 2 N–H and O–H groups in total. The van der Waals surface area contributed by atoms with Gasteiger partial charge in [0.2, 0.25) is 0 Å². The van der Waals surface area contributed by atoms with Crippen molar-refractivity contribution in [3.8, 4) is 0 Å². The molecule has 1 aliphatic carbocycles. The summed E-state index contributed by atoms with van der Waals surface area (Å²) in [5, 5.41) is 12.5. The zero-order valence-corrected chi connectivity index (χ0v) is 9.87. The van der Waals surface area contributed by atoms with Crippen molar-refractivity contribution in [2.24, 2.45) is 5.92 Å². The normalized spacial score (nSPS) is 21.2. The van der Waals surface area contributed by atoms with Crippen LogP contribution in [-0.4, -0.2) is 38.0 Å². The molecule has 90 valence electrons. The molecule has 0 aromatic rings. The Morgan fingerprint density at radius 2 is 1.93 bits per heavy atom. The van der Waals surface area contributed by atoms with Crippen LogP contribution in [0.1, 0.15) is 38.5 Å². The Kier molecular flexibility index (Phi) is 6.98. The molecule has 0 heterocycles. The molecule has 1 atom stereocenters. The fraction of sp³-hybridized carbons (Fsp3) is 1.00. The average molecular weight is 215 g/mol. The Morgan fingerprint density at radius 3 is 2.47 bits per heavy atom. The molecule has 0 aliphatic heterocycles. The van der Waals surface area contributed by atoms with Crippen molar-refractivity contribution in [2.45, 2.75) is 44.6 Å². The highest BCUT2D eigenvalue weighted by atomic mass is 16.5. The van der Waals surface area contributed by atoms with E-state index in [0.717, 1.165) is 12.5 Å². The highest BCUT2D eigenvalue weighted by molar-refractivity contribution is 4.71. The van der Waals surface area contributed by atoms with Gasteiger partial charge in [-0.3, -0.25) is 0 Å². The third-order valence-electron chi connectivity index (χ3n) is 3.26. The van der Waals surface area contributed by atoms with Gasteiger partial charge in [-0.1, -0.05) is 25.7 Å². The van der Waals surface area contributed by atoms with Gasteiger partial charge in [0.15, 0.2) is 0 Å². The molecular formula is C12H25NO2. The first-order valence-corrected chi connectivity index (χ1v) is 6.20. The van der Waals surface area contributed by atoms with Gasteiger partial charge in [0.25, 0.3) is 0 Å². The first kappa shape index (κ1) is 12.9. The van der Waals surface area contributed by atoms with Gasteiger partial charge in [0.05, 0.1) is 19.3 Å². The smallest absolute Gasteiger partial charge is 0.0638 e. The lowest BCUT2D eigenvalue weighted by Crippen LogP contribution is -2.39. The SMILES string of the molecule is COCC(CO)NCC1CCCCCC1. The molecule has 1 fully saturated rings. The fourth-order valence-electron chi connectivity index (χ4n) is 2.28. The summed E-state index contributed by atoms with van der Waals surface area (Å²) in [5.74, 6) is 0.804. The van der Waals surface area contributed by atoms with Crippen LogP contribution in [0.2, 0.25) is 0 Å². The van der Waals surface area contributed by atoms with E-state index in [2.05, 4.69) is 5.32 Å². The van der Waals surface area contributed by atoms with Gasteiger partial charge in [-0.15, -0.1) is 0 Å². The summed E-state index contributed by atoms with van der Waals surface area (Å²) in [6.45, 7) is 1.80. The Labute approximate surface area is 93.2 Å². The molecule has 15 heavy (non-hydrogen) atoms. The molecule has 1 aliphatic rings. The van der Waals surface area contributed by atoms with Crippen molar-refractivity contribution in [2.75, 3.05) is 26.9 Å². The summed E-state index contributed by atoms with van der Waals surface area (Å²) in [4.78, 5) is 0. The third kappa shape index (κ3) is 5.50. The summed E-state index contributed by atoms with van der Waals surface area (Å²) < 4.78 is 5.04. The molecule has 1 rings (SSSR count). The van der Waals surface area contributed by atoms with E-state index in [-0.39, 0.29) is 12.6 Å². The minimum atomic E-state index is 0.109. The van der Waals surface area contributed by atoms with Gasteiger partial charge in [-0.25, -0.2) is 0 Å². The number of hydrogen-bond acceptors (Lipinski definition) is 3. The predicted octanol–water partition coefficient (Wildman–Crippen LogP) is 1.55. The monoisotopic (exact) mass is 215 g/mol. The van der Waals surface area contributed by atoms with Gasteiger partial charge in [-0.05, 0) is 25.3 Å². The van der Waals surface area contributed by atoms with E-state index in [1.54, 1.807) is 7.11 Å². The lowest BCUT2D eigenvalue weighted by molar-refractivity contribution is 0.125. The molecule has 1 saturated carbocycles. The van der Waals surface area contributed by atoms with E-state index in [1.807, 2.05) is 0 Å². The predicted molar refractivity (Wildman–Crippen MR) is 61.9 cm³/mol. The molecule has 0 spiro atoms. The summed E-state index contributed by atoms with van der Waals surface area (Å²) in [5.41, 5.74) is 0. The third-order valence-corrected chi connectivity index (χ3v) is 3.26. The largest absolute Gasteiger partial charge is 0.395 e. The fourth-order valence-corrected chi connectivity index (χ4v) is 2.28. The van der Waals surface area contributed by atoms with Crippen molar-refractivity contribution in [3.05, 3.63) is 0 Å². The number of methoxy groups -OCH3 is 1. The van der Waals surface area contributed by atoms with Gasteiger partial charge in [0, 0.05) is 7.11 Å². The summed E-state index contributed by atoms with van der Waals surface area (Å²) >= 11 is 0. The second-order valence-electron chi connectivity index (χ2n) is 4.60. The zero-order chi connectivity index (χ0) is 10.9. The second-order valence-corrected chi connectivity index (χ2v) is 4.60. The second kappa shape index (κ2) is 8.08. The lowest BCUT2D eigenvalue weighted by atomic mass is 10.0. The Morgan fingerprint density at radius 1 is 1.27 bits per heavy atom. The van der Waals surface area contributed by atoms with Gasteiger partial charge >= 0.3 is 0 Å². The minimum absolute atomic E-state index is 0.109. The van der Waals surface area contributed by atoms with Crippen LogP contribution in [0.25, 0.3) is 0 Å². The number of aliphatic hydroxyl groups is 1. The van der Waals surface area contributed by atoms with Crippen LogP contribution in [0.15, 0.2) is 0 Å². The Bertz CT molecular complexity index is 145. The first-order valence-electron chi connectivity index (χ1n) is 6.20. The maximum atomic E-state index is 9.10. The summed E-state index contributed by atoms with van der Waals surface area (Å²) in [7, 11) is 1.68. The number of rotatable bonds is 6. The van der Waals surface area contributed by atoms with Crippen LogP contribution in [0.3, 0.4) is 0 Å². The first-order chi connectivity index (χ1) is 7.36. The van der Waals surface area contributed by atoms with Crippen LogP contribution in [0.5, 0.6) is 0 Å². The van der Waals surface area contributed by atoms with Crippen LogP contribution < -0.4 is 5.32 Å². The average Bonchev–Trinajstić information content (AvgIpc) is 2.52. The number of nitrogens with one attached hydrogen (secondary N) is 1. The van der Waals surface area contributed by atoms with E-state index >= 15 is 0 Å². The number of ether oxygens (including phenoxy) is 1. The highest BCUT2D eigenvalue weighted by Gasteiger charge is 2.14. The van der Waals surface area contributed by atoms with E-state index in [4.69, 9.17) is 9.84 Å². The lowest BCUT2D eigenvalue weighted by Gasteiger charge is -2.20. The maximum Gasteiger partial charge on any atom is 0.0638 e. The Hall–Kier alpha value is -0.120. The van der Waals surface area contributed by atoms with Crippen molar-refractivity contribution >= 4 is 0 Å². The van der Waals surface area contributed by atoms with Gasteiger partial charge < -0.3 is 15.2 Å². The molecule has 0 saturated heterocycles. The molecular weight excluding hydrogens is 190 g/mol. The van der Waals surface area contributed by atoms with E-state index in [9.17, 15) is 0 Å². The van der Waals surface area contributed by atoms with E-state index in [1.165, 1.54) is 38.5 Å². The number of hydrogen-bond donors (Lipinski definition) is 2.